The van der Waals surface area contributed by atoms with E-state index in [1.165, 1.54) is 0 Å². The van der Waals surface area contributed by atoms with Gasteiger partial charge in [0, 0.05) is 12.0 Å². The fourth-order valence-corrected chi connectivity index (χ4v) is 1.39. The minimum atomic E-state index is -0.506. The highest BCUT2D eigenvalue weighted by molar-refractivity contribution is 6.34. The molecule has 17 heavy (non-hydrogen) atoms. The molecule has 0 aromatic carbocycles. The van der Waals surface area contributed by atoms with Gasteiger partial charge in [0.1, 0.15) is 13.3 Å². The lowest BCUT2D eigenvalue weighted by Gasteiger charge is -1.99. The molecule has 0 aliphatic rings. The second-order valence-corrected chi connectivity index (χ2v) is 3.88. The van der Waals surface area contributed by atoms with Crippen LogP contribution >= 0.6 is 0 Å². The van der Waals surface area contributed by atoms with E-state index in [2.05, 4.69) is 4.99 Å². The van der Waals surface area contributed by atoms with Gasteiger partial charge in [-0.2, -0.15) is 5.26 Å². The Morgan fingerprint density at radius 2 is 2.24 bits per heavy atom. The Labute approximate surface area is 103 Å². The monoisotopic (exact) mass is 235 g/mol. The van der Waals surface area contributed by atoms with Crippen LogP contribution in [0.25, 0.3) is 0 Å². The predicted octanol–water partition coefficient (Wildman–Crippen LogP) is 2.55. The number of aliphatic imine (C=N–C) groups is 1. The predicted molar refractivity (Wildman–Crippen MR) is 70.1 cm³/mol. The molecule has 6 heteroatoms. The fraction of sp³-hybridized carbons (Fsp3) is 0.636. The molecule has 0 spiro atoms. The second-order valence-electron chi connectivity index (χ2n) is 3.88. The van der Waals surface area contributed by atoms with Gasteiger partial charge in [0.25, 0.3) is 0 Å². The first-order valence-electron chi connectivity index (χ1n) is 5.88. The zero-order valence-electron chi connectivity index (χ0n) is 10.7. The van der Waals surface area contributed by atoms with E-state index < -0.39 is 4.92 Å². The molecule has 0 atom stereocenters. The Balaban J connectivity index is 5.08. The normalized spacial score (nSPS) is 12.7. The number of hydrogen-bond donors (Lipinski definition) is 0. The molecular formula is C11H18BN3O2. The molecule has 0 aromatic rings. The van der Waals surface area contributed by atoms with Crippen molar-refractivity contribution in [1.82, 2.24) is 0 Å². The Hall–Kier alpha value is -1.64. The van der Waals surface area contributed by atoms with Crippen LogP contribution in [-0.2, 0) is 0 Å². The summed E-state index contributed by atoms with van der Waals surface area (Å²) in [6, 6.07) is 1.93. The zero-order valence-corrected chi connectivity index (χ0v) is 10.7. The van der Waals surface area contributed by atoms with Crippen molar-refractivity contribution in [2.45, 2.75) is 46.3 Å². The van der Waals surface area contributed by atoms with Gasteiger partial charge in [-0.15, -0.1) is 0 Å². The van der Waals surface area contributed by atoms with Crippen molar-refractivity contribution in [3.8, 4) is 6.07 Å². The maximum absolute atomic E-state index is 10.9. The second kappa shape index (κ2) is 8.51. The molecule has 0 bridgehead atoms. The molecule has 0 aromatic heterocycles. The molecule has 0 rings (SSSR count). The number of nitriles is 1. The first kappa shape index (κ1) is 15.4. The van der Waals surface area contributed by atoms with E-state index in [1.54, 1.807) is 6.92 Å². The van der Waals surface area contributed by atoms with Gasteiger partial charge < -0.3 is 10.1 Å². The summed E-state index contributed by atoms with van der Waals surface area (Å²) >= 11 is 0. The van der Waals surface area contributed by atoms with Gasteiger partial charge in [-0.25, -0.2) is 0 Å². The van der Waals surface area contributed by atoms with Crippen molar-refractivity contribution in [3.63, 3.8) is 0 Å². The lowest BCUT2D eigenvalue weighted by molar-refractivity contribution is -0.427. The van der Waals surface area contributed by atoms with Gasteiger partial charge in [-0.05, 0) is 29.6 Å². The van der Waals surface area contributed by atoms with Crippen LogP contribution in [0.5, 0.6) is 0 Å². The van der Waals surface area contributed by atoms with Crippen molar-refractivity contribution in [2.75, 3.05) is 0 Å². The minimum absolute atomic E-state index is 0.167. The maximum Gasteiger partial charge on any atom is 0.362 e. The van der Waals surface area contributed by atoms with Crippen LogP contribution in [0.3, 0.4) is 0 Å². The van der Waals surface area contributed by atoms with Gasteiger partial charge >= 0.3 is 5.82 Å². The Morgan fingerprint density at radius 1 is 1.59 bits per heavy atom. The maximum atomic E-state index is 10.9. The molecule has 0 radical (unpaired) electrons. The molecule has 0 saturated heterocycles. The van der Waals surface area contributed by atoms with Crippen LogP contribution in [0.2, 0.25) is 13.1 Å². The SMILES string of the molecule is CBC/C(C)=C(/N=C(/C#N)CCCC)[N+](=O)[O-]. The third kappa shape index (κ3) is 5.86. The summed E-state index contributed by atoms with van der Waals surface area (Å²) in [5.74, 6) is -0.167. The number of nitro groups is 1. The van der Waals surface area contributed by atoms with Gasteiger partial charge in [-0.1, -0.05) is 20.2 Å². The summed E-state index contributed by atoms with van der Waals surface area (Å²) in [6.07, 6.45) is 2.90. The summed E-state index contributed by atoms with van der Waals surface area (Å²) in [6.45, 7) is 5.65. The molecule has 0 saturated carbocycles. The lowest BCUT2D eigenvalue weighted by atomic mass is 9.75. The standard InChI is InChI=1S/C11H18BN3O2/c1-4-5-6-10(8-13)14-11(15(16)17)9(2)7-12-3/h12H,4-7H2,1-3H3/b11-9-,14-10+. The number of hydrogen-bond acceptors (Lipinski definition) is 4. The quantitative estimate of drug-likeness (QED) is 0.294. The average Bonchev–Trinajstić information content (AvgIpc) is 2.29. The van der Waals surface area contributed by atoms with Gasteiger partial charge in [-0.3, -0.25) is 0 Å². The van der Waals surface area contributed by atoms with E-state index in [4.69, 9.17) is 5.26 Å². The Kier molecular flexibility index (Phi) is 7.69. The molecule has 92 valence electrons. The summed E-state index contributed by atoms with van der Waals surface area (Å²) in [7, 11) is 0.829. The third-order valence-electron chi connectivity index (χ3n) is 2.32. The zero-order chi connectivity index (χ0) is 13.3. The molecule has 0 fully saturated rings. The largest absolute Gasteiger partial charge is 0.362 e. The molecular weight excluding hydrogens is 217 g/mol. The van der Waals surface area contributed by atoms with Gasteiger partial charge in [0.2, 0.25) is 5.71 Å². The van der Waals surface area contributed by atoms with E-state index in [9.17, 15) is 10.1 Å². The Bertz CT molecular complexity index is 369. The van der Waals surface area contributed by atoms with Crippen molar-refractivity contribution in [1.29, 1.82) is 5.26 Å². The number of unbranched alkanes of at least 4 members (excludes halogenated alkanes) is 1. The molecule has 0 unspecified atom stereocenters. The lowest BCUT2D eigenvalue weighted by Crippen LogP contribution is -2.05. The van der Waals surface area contributed by atoms with E-state index in [0.29, 0.717) is 18.3 Å². The summed E-state index contributed by atoms with van der Waals surface area (Å²) < 4.78 is 0. The molecule has 0 heterocycles. The topological polar surface area (TPSA) is 79.3 Å². The first-order valence-corrected chi connectivity index (χ1v) is 5.88. The molecule has 0 N–H and O–H groups in total. The van der Waals surface area contributed by atoms with Crippen LogP contribution in [0.4, 0.5) is 0 Å². The van der Waals surface area contributed by atoms with E-state index in [-0.39, 0.29) is 11.5 Å². The van der Waals surface area contributed by atoms with E-state index in [1.807, 2.05) is 19.8 Å². The number of nitrogens with zero attached hydrogens (tertiary/aromatic N) is 3. The summed E-state index contributed by atoms with van der Waals surface area (Å²) in [5.41, 5.74) is 0.871. The van der Waals surface area contributed by atoms with Crippen LogP contribution in [0.15, 0.2) is 16.4 Å². The van der Waals surface area contributed by atoms with Crippen molar-refractivity contribution in [3.05, 3.63) is 21.5 Å². The smallest absolute Gasteiger partial charge is 0.358 e. The molecule has 0 aliphatic heterocycles. The Morgan fingerprint density at radius 3 is 2.65 bits per heavy atom. The van der Waals surface area contributed by atoms with Crippen molar-refractivity contribution in [2.24, 2.45) is 4.99 Å². The van der Waals surface area contributed by atoms with Crippen molar-refractivity contribution < 1.29 is 4.92 Å². The average molecular weight is 235 g/mol. The first-order chi connectivity index (χ1) is 8.06. The highest BCUT2D eigenvalue weighted by atomic mass is 16.6. The van der Waals surface area contributed by atoms with E-state index in [0.717, 1.165) is 20.1 Å². The third-order valence-corrected chi connectivity index (χ3v) is 2.32. The molecule has 0 aliphatic carbocycles. The highest BCUT2D eigenvalue weighted by Gasteiger charge is 2.16. The van der Waals surface area contributed by atoms with Gasteiger partial charge in [0.05, 0.1) is 0 Å². The van der Waals surface area contributed by atoms with Gasteiger partial charge in [0.15, 0.2) is 0 Å². The minimum Gasteiger partial charge on any atom is -0.358 e. The highest BCUT2D eigenvalue weighted by Crippen LogP contribution is 2.12. The summed E-state index contributed by atoms with van der Waals surface area (Å²) in [4.78, 5) is 14.3. The van der Waals surface area contributed by atoms with Crippen LogP contribution < -0.4 is 0 Å². The molecule has 5 nitrogen and oxygen atoms in total. The fourth-order valence-electron chi connectivity index (χ4n) is 1.39. The number of rotatable bonds is 7. The molecule has 0 amide bonds. The number of allylic oxidation sites excluding steroid dienone is 1. The van der Waals surface area contributed by atoms with E-state index >= 15 is 0 Å². The van der Waals surface area contributed by atoms with Crippen LogP contribution in [0, 0.1) is 21.4 Å². The van der Waals surface area contributed by atoms with Crippen LogP contribution in [-0.4, -0.2) is 17.9 Å². The summed E-state index contributed by atoms with van der Waals surface area (Å²) in [5, 5.41) is 19.7. The van der Waals surface area contributed by atoms with Crippen LogP contribution in [0.1, 0.15) is 33.1 Å². The van der Waals surface area contributed by atoms with Crippen molar-refractivity contribution >= 4 is 13.0 Å².